The molecular weight excluding hydrogens is 396 g/mol. The van der Waals surface area contributed by atoms with Crippen LogP contribution < -0.4 is 16.0 Å². The first kappa shape index (κ1) is 20.3. The van der Waals surface area contributed by atoms with Gasteiger partial charge >= 0.3 is 0 Å². The highest BCUT2D eigenvalue weighted by Crippen LogP contribution is 2.52. The molecule has 2 saturated heterocycles. The molecule has 1 aromatic carbocycles. The molecule has 1 spiro atoms. The van der Waals surface area contributed by atoms with E-state index in [0.717, 1.165) is 30.1 Å². The maximum atomic E-state index is 12.9. The SMILES string of the molecule is O=C1CCC(N2C(=O)c3ccc(CNCC4CCC45CCNCC5)cc3C2=O)C(=O)N1. The highest BCUT2D eigenvalue weighted by Gasteiger charge is 2.46. The first-order valence-electron chi connectivity index (χ1n) is 11.2. The van der Waals surface area contributed by atoms with Gasteiger partial charge in [0.25, 0.3) is 11.8 Å². The van der Waals surface area contributed by atoms with Crippen LogP contribution in [0.2, 0.25) is 0 Å². The van der Waals surface area contributed by atoms with E-state index in [2.05, 4.69) is 16.0 Å². The van der Waals surface area contributed by atoms with Gasteiger partial charge in [0.1, 0.15) is 6.04 Å². The number of hydrogen-bond acceptors (Lipinski definition) is 6. The van der Waals surface area contributed by atoms with E-state index < -0.39 is 23.8 Å². The van der Waals surface area contributed by atoms with E-state index in [1.165, 1.54) is 25.7 Å². The molecule has 0 aromatic heterocycles. The number of carbonyl (C=O) groups excluding carboxylic acids is 4. The standard InChI is InChI=1S/C23H28N4O4/c28-19-4-3-18(20(29)26-19)27-21(30)16-2-1-14(11-17(16)22(27)31)12-25-13-15-5-6-23(15)7-9-24-10-8-23/h1-2,11,15,18,24-25H,3-10,12-13H2,(H,26,28,29). The molecule has 1 saturated carbocycles. The molecule has 4 aliphatic rings. The van der Waals surface area contributed by atoms with Crippen molar-refractivity contribution in [3.8, 4) is 0 Å². The lowest BCUT2D eigenvalue weighted by Crippen LogP contribution is -2.54. The van der Waals surface area contributed by atoms with E-state index in [0.29, 0.717) is 29.0 Å². The lowest BCUT2D eigenvalue weighted by molar-refractivity contribution is -0.136. The summed E-state index contributed by atoms with van der Waals surface area (Å²) in [5.41, 5.74) is 2.11. The van der Waals surface area contributed by atoms with Gasteiger partial charge in [-0.1, -0.05) is 6.07 Å². The summed E-state index contributed by atoms with van der Waals surface area (Å²) in [5, 5.41) is 9.22. The van der Waals surface area contributed by atoms with Gasteiger partial charge in [-0.2, -0.15) is 0 Å². The largest absolute Gasteiger partial charge is 0.317 e. The van der Waals surface area contributed by atoms with Gasteiger partial charge in [-0.15, -0.1) is 0 Å². The monoisotopic (exact) mass is 424 g/mol. The van der Waals surface area contributed by atoms with Gasteiger partial charge in [0.2, 0.25) is 11.8 Å². The summed E-state index contributed by atoms with van der Waals surface area (Å²) >= 11 is 0. The predicted octanol–water partition coefficient (Wildman–Crippen LogP) is 0.957. The summed E-state index contributed by atoms with van der Waals surface area (Å²) in [5.74, 6) is -1.17. The number of benzene rings is 1. The van der Waals surface area contributed by atoms with Crippen LogP contribution in [0.5, 0.6) is 0 Å². The maximum Gasteiger partial charge on any atom is 0.262 e. The van der Waals surface area contributed by atoms with Crippen molar-refractivity contribution in [1.29, 1.82) is 0 Å². The number of piperidine rings is 2. The molecular formula is C23H28N4O4. The van der Waals surface area contributed by atoms with E-state index in [1.807, 2.05) is 6.07 Å². The Kier molecular flexibility index (Phi) is 5.14. The van der Waals surface area contributed by atoms with Crippen LogP contribution in [0.4, 0.5) is 0 Å². The van der Waals surface area contributed by atoms with Crippen LogP contribution in [0.25, 0.3) is 0 Å². The Labute approximate surface area is 181 Å². The molecule has 3 aliphatic heterocycles. The van der Waals surface area contributed by atoms with Gasteiger partial charge < -0.3 is 10.6 Å². The maximum absolute atomic E-state index is 12.9. The van der Waals surface area contributed by atoms with Crippen LogP contribution in [0.1, 0.15) is 64.8 Å². The third-order valence-corrected chi connectivity index (χ3v) is 7.68. The minimum absolute atomic E-state index is 0.123. The Balaban J connectivity index is 1.23. The first-order chi connectivity index (χ1) is 15.0. The van der Waals surface area contributed by atoms with E-state index in [-0.39, 0.29) is 18.7 Å². The number of carbonyl (C=O) groups is 4. The molecule has 2 unspecified atom stereocenters. The van der Waals surface area contributed by atoms with Crippen LogP contribution in [0.3, 0.4) is 0 Å². The molecule has 0 radical (unpaired) electrons. The van der Waals surface area contributed by atoms with Crippen LogP contribution in [0.15, 0.2) is 18.2 Å². The van der Waals surface area contributed by atoms with Crippen LogP contribution in [0, 0.1) is 11.3 Å². The second-order valence-corrected chi connectivity index (χ2v) is 9.31. The Morgan fingerprint density at radius 1 is 1.00 bits per heavy atom. The number of imide groups is 2. The lowest BCUT2D eigenvalue weighted by Gasteiger charge is -2.52. The average Bonchev–Trinajstić information content (AvgIpc) is 3.01. The number of amides is 4. The van der Waals surface area contributed by atoms with Crippen molar-refractivity contribution >= 4 is 23.6 Å². The summed E-state index contributed by atoms with van der Waals surface area (Å²) in [6.07, 6.45) is 5.40. The predicted molar refractivity (Wildman–Crippen MR) is 112 cm³/mol. The van der Waals surface area contributed by atoms with Crippen LogP contribution in [-0.4, -0.2) is 54.2 Å². The Hall–Kier alpha value is -2.58. The lowest BCUT2D eigenvalue weighted by atomic mass is 9.56. The van der Waals surface area contributed by atoms with Gasteiger partial charge in [-0.25, -0.2) is 0 Å². The van der Waals surface area contributed by atoms with Gasteiger partial charge in [0.05, 0.1) is 11.1 Å². The fourth-order valence-electron chi connectivity index (χ4n) is 5.68. The second kappa shape index (κ2) is 7.84. The van der Waals surface area contributed by atoms with Gasteiger partial charge in [0.15, 0.2) is 0 Å². The molecule has 5 rings (SSSR count). The third-order valence-electron chi connectivity index (χ3n) is 7.68. The Morgan fingerprint density at radius 3 is 2.48 bits per heavy atom. The molecule has 8 heteroatoms. The van der Waals surface area contributed by atoms with Gasteiger partial charge in [-0.05, 0) is 80.8 Å². The van der Waals surface area contributed by atoms with Crippen molar-refractivity contribution in [3.63, 3.8) is 0 Å². The molecule has 3 N–H and O–H groups in total. The average molecular weight is 425 g/mol. The highest BCUT2D eigenvalue weighted by atomic mass is 16.2. The molecule has 4 amide bonds. The molecule has 1 aromatic rings. The fraction of sp³-hybridized carbons (Fsp3) is 0.565. The molecule has 2 atom stereocenters. The van der Waals surface area contributed by atoms with E-state index in [1.54, 1.807) is 12.1 Å². The summed E-state index contributed by atoms with van der Waals surface area (Å²) < 4.78 is 0. The molecule has 1 aliphatic carbocycles. The summed E-state index contributed by atoms with van der Waals surface area (Å²) in [6.45, 7) is 3.83. The van der Waals surface area contributed by atoms with Gasteiger partial charge in [-0.3, -0.25) is 29.4 Å². The van der Waals surface area contributed by atoms with Crippen molar-refractivity contribution in [1.82, 2.24) is 20.9 Å². The number of hydrogen-bond donors (Lipinski definition) is 3. The molecule has 3 heterocycles. The zero-order chi connectivity index (χ0) is 21.6. The minimum atomic E-state index is -0.925. The summed E-state index contributed by atoms with van der Waals surface area (Å²) in [6, 6.07) is 4.38. The quantitative estimate of drug-likeness (QED) is 0.608. The summed E-state index contributed by atoms with van der Waals surface area (Å²) in [4.78, 5) is 50.3. The van der Waals surface area contributed by atoms with E-state index >= 15 is 0 Å². The van der Waals surface area contributed by atoms with Crippen molar-refractivity contribution in [2.45, 2.75) is 51.1 Å². The van der Waals surface area contributed by atoms with Crippen molar-refractivity contribution in [2.24, 2.45) is 11.3 Å². The molecule has 3 fully saturated rings. The molecule has 164 valence electrons. The third kappa shape index (κ3) is 3.47. The zero-order valence-corrected chi connectivity index (χ0v) is 17.5. The van der Waals surface area contributed by atoms with Crippen molar-refractivity contribution in [2.75, 3.05) is 19.6 Å². The molecule has 31 heavy (non-hydrogen) atoms. The fourth-order valence-corrected chi connectivity index (χ4v) is 5.68. The Bertz CT molecular complexity index is 953. The zero-order valence-electron chi connectivity index (χ0n) is 17.5. The molecule has 0 bridgehead atoms. The van der Waals surface area contributed by atoms with Crippen molar-refractivity contribution in [3.05, 3.63) is 34.9 Å². The first-order valence-corrected chi connectivity index (χ1v) is 11.2. The number of rotatable bonds is 5. The number of nitrogens with one attached hydrogen (secondary N) is 3. The topological polar surface area (TPSA) is 108 Å². The highest BCUT2D eigenvalue weighted by molar-refractivity contribution is 6.23. The van der Waals surface area contributed by atoms with Crippen molar-refractivity contribution < 1.29 is 19.2 Å². The normalized spacial score (nSPS) is 27.3. The smallest absolute Gasteiger partial charge is 0.262 e. The second-order valence-electron chi connectivity index (χ2n) is 9.31. The van der Waals surface area contributed by atoms with Gasteiger partial charge in [0, 0.05) is 13.0 Å². The summed E-state index contributed by atoms with van der Waals surface area (Å²) in [7, 11) is 0. The minimum Gasteiger partial charge on any atom is -0.317 e. The van der Waals surface area contributed by atoms with Crippen LogP contribution >= 0.6 is 0 Å². The Morgan fingerprint density at radius 2 is 1.77 bits per heavy atom. The van der Waals surface area contributed by atoms with Crippen LogP contribution in [-0.2, 0) is 16.1 Å². The van der Waals surface area contributed by atoms with E-state index in [9.17, 15) is 19.2 Å². The number of nitrogens with zero attached hydrogens (tertiary/aromatic N) is 1. The number of fused-ring (bicyclic) bond motifs is 1. The molecule has 8 nitrogen and oxygen atoms in total. The van der Waals surface area contributed by atoms with E-state index in [4.69, 9.17) is 0 Å².